The van der Waals surface area contributed by atoms with Gasteiger partial charge in [0, 0.05) is 31.7 Å². The van der Waals surface area contributed by atoms with Crippen molar-refractivity contribution >= 4 is 22.6 Å². The van der Waals surface area contributed by atoms with Gasteiger partial charge in [0.15, 0.2) is 0 Å². The highest BCUT2D eigenvalue weighted by atomic mass is 35.5. The van der Waals surface area contributed by atoms with Crippen molar-refractivity contribution in [3.05, 3.63) is 0 Å². The number of rotatable bonds is 4. The first-order valence-electron chi connectivity index (χ1n) is 7.06. The van der Waals surface area contributed by atoms with E-state index in [0.29, 0.717) is 12.5 Å². The molecule has 3 fully saturated rings. The Balaban J connectivity index is 0.00000133. The van der Waals surface area contributed by atoms with E-state index in [1.165, 1.54) is 6.42 Å². The number of hydrogen-bond donors (Lipinski definition) is 1. The minimum atomic E-state index is -3.21. The number of nitrogens with one attached hydrogen (secondary N) is 1. The number of piperidine rings is 1. The molecular formula is C12H24ClN3O2S. The first kappa shape index (κ1) is 15.5. The molecule has 0 aromatic rings. The monoisotopic (exact) mass is 309 g/mol. The van der Waals surface area contributed by atoms with E-state index in [1.54, 1.807) is 8.61 Å². The minimum Gasteiger partial charge on any atom is -0.318 e. The lowest BCUT2D eigenvalue weighted by Gasteiger charge is -2.33. The molecule has 0 aromatic heterocycles. The number of fused-ring (bicyclic) bond motifs is 2. The molecule has 2 heterocycles. The topological polar surface area (TPSA) is 52.7 Å². The van der Waals surface area contributed by atoms with Crippen molar-refractivity contribution in [1.82, 2.24) is 13.9 Å². The summed E-state index contributed by atoms with van der Waals surface area (Å²) in [5, 5.41) is 3.11. The Bertz CT molecular complexity index is 417. The average Bonchev–Trinajstić information content (AvgIpc) is 3.04. The molecule has 2 saturated heterocycles. The fraction of sp³-hybridized carbons (Fsp3) is 1.00. The lowest BCUT2D eigenvalue weighted by molar-refractivity contribution is 0.284. The van der Waals surface area contributed by atoms with Crippen molar-refractivity contribution in [2.75, 3.05) is 26.7 Å². The van der Waals surface area contributed by atoms with Gasteiger partial charge in [-0.3, -0.25) is 0 Å². The summed E-state index contributed by atoms with van der Waals surface area (Å²) in [7, 11) is -1.32. The highest BCUT2D eigenvalue weighted by molar-refractivity contribution is 7.86. The van der Waals surface area contributed by atoms with Gasteiger partial charge in [-0.2, -0.15) is 17.0 Å². The Morgan fingerprint density at radius 2 is 2.00 bits per heavy atom. The summed E-state index contributed by atoms with van der Waals surface area (Å²) < 4.78 is 29.0. The van der Waals surface area contributed by atoms with Crippen LogP contribution < -0.4 is 5.32 Å². The van der Waals surface area contributed by atoms with Crippen molar-refractivity contribution in [1.29, 1.82) is 0 Å². The summed E-state index contributed by atoms with van der Waals surface area (Å²) in [4.78, 5) is 0. The van der Waals surface area contributed by atoms with Crippen LogP contribution in [0.5, 0.6) is 0 Å². The maximum absolute atomic E-state index is 12.7. The van der Waals surface area contributed by atoms with Gasteiger partial charge < -0.3 is 5.32 Å². The van der Waals surface area contributed by atoms with E-state index in [-0.39, 0.29) is 24.5 Å². The van der Waals surface area contributed by atoms with E-state index in [9.17, 15) is 8.42 Å². The highest BCUT2D eigenvalue weighted by Crippen LogP contribution is 2.40. The van der Waals surface area contributed by atoms with Gasteiger partial charge in [0.2, 0.25) is 0 Å². The van der Waals surface area contributed by atoms with Crippen LogP contribution in [0.3, 0.4) is 0 Å². The summed E-state index contributed by atoms with van der Waals surface area (Å²) in [5.74, 6) is 0.620. The van der Waals surface area contributed by atoms with E-state index in [2.05, 4.69) is 5.32 Å². The Morgan fingerprint density at radius 3 is 2.58 bits per heavy atom. The standard InChI is InChI=1S/C12H23N3O2S.ClH/c1-13-8-12-3-2-6-14(12)18(16,17)15-9-10-4-5-11(15)7-10;/h10-13H,2-9H2,1H3;1H. The lowest BCUT2D eigenvalue weighted by Crippen LogP contribution is -2.50. The normalized spacial score (nSPS) is 35.7. The molecule has 7 heteroatoms. The predicted octanol–water partition coefficient (Wildman–Crippen LogP) is 0.821. The first-order valence-corrected chi connectivity index (χ1v) is 8.46. The van der Waals surface area contributed by atoms with Gasteiger partial charge in [-0.25, -0.2) is 0 Å². The van der Waals surface area contributed by atoms with Gasteiger partial charge in [0.1, 0.15) is 0 Å². The molecule has 3 unspecified atom stereocenters. The Kier molecular flexibility index (Phi) is 4.78. The maximum Gasteiger partial charge on any atom is 0.282 e. The lowest BCUT2D eigenvalue weighted by atomic mass is 10.1. The molecule has 5 nitrogen and oxygen atoms in total. The Hall–Kier alpha value is 0.120. The minimum absolute atomic E-state index is 0. The third kappa shape index (κ3) is 2.65. The molecule has 0 radical (unpaired) electrons. The predicted molar refractivity (Wildman–Crippen MR) is 77.7 cm³/mol. The molecule has 0 aromatic carbocycles. The molecule has 3 atom stereocenters. The molecule has 1 N–H and O–H groups in total. The van der Waals surface area contributed by atoms with Crippen molar-refractivity contribution in [3.63, 3.8) is 0 Å². The van der Waals surface area contributed by atoms with Gasteiger partial charge in [-0.1, -0.05) is 0 Å². The van der Waals surface area contributed by atoms with Crippen molar-refractivity contribution in [2.45, 2.75) is 44.2 Å². The molecule has 2 bridgehead atoms. The Labute approximate surface area is 122 Å². The van der Waals surface area contributed by atoms with Gasteiger partial charge in [0.05, 0.1) is 0 Å². The summed E-state index contributed by atoms with van der Waals surface area (Å²) in [6.07, 6.45) is 5.35. The van der Waals surface area contributed by atoms with Crippen molar-refractivity contribution in [3.8, 4) is 0 Å². The molecule has 112 valence electrons. The third-order valence-electron chi connectivity index (χ3n) is 4.71. The zero-order chi connectivity index (χ0) is 12.8. The Morgan fingerprint density at radius 1 is 1.21 bits per heavy atom. The quantitative estimate of drug-likeness (QED) is 0.836. The zero-order valence-corrected chi connectivity index (χ0v) is 13.0. The SMILES string of the molecule is CNCC1CCCN1S(=O)(=O)N1CC2CCC1C2.Cl. The molecular weight excluding hydrogens is 286 g/mol. The number of nitrogens with zero attached hydrogens (tertiary/aromatic N) is 2. The third-order valence-corrected chi connectivity index (χ3v) is 6.83. The first-order chi connectivity index (χ1) is 8.63. The number of halogens is 1. The second-order valence-corrected chi connectivity index (χ2v) is 7.71. The van der Waals surface area contributed by atoms with Gasteiger partial charge in [0.25, 0.3) is 10.2 Å². The van der Waals surface area contributed by atoms with Crippen molar-refractivity contribution < 1.29 is 8.42 Å². The van der Waals surface area contributed by atoms with Crippen LogP contribution in [0.25, 0.3) is 0 Å². The van der Waals surface area contributed by atoms with Crippen LogP contribution in [0.2, 0.25) is 0 Å². The number of hydrogen-bond acceptors (Lipinski definition) is 3. The molecule has 1 saturated carbocycles. The summed E-state index contributed by atoms with van der Waals surface area (Å²) >= 11 is 0. The smallest absolute Gasteiger partial charge is 0.282 e. The molecule has 2 aliphatic heterocycles. The van der Waals surface area contributed by atoms with E-state index < -0.39 is 10.2 Å². The highest BCUT2D eigenvalue weighted by Gasteiger charge is 2.47. The molecule has 3 rings (SSSR count). The second kappa shape index (κ2) is 5.85. The van der Waals surface area contributed by atoms with Gasteiger partial charge in [-0.05, 0) is 45.1 Å². The summed E-state index contributed by atoms with van der Waals surface area (Å²) in [6.45, 7) is 2.22. The zero-order valence-electron chi connectivity index (χ0n) is 11.4. The molecule has 19 heavy (non-hydrogen) atoms. The van der Waals surface area contributed by atoms with Crippen LogP contribution in [0.1, 0.15) is 32.1 Å². The van der Waals surface area contributed by atoms with Gasteiger partial charge >= 0.3 is 0 Å². The van der Waals surface area contributed by atoms with Crippen LogP contribution in [-0.2, 0) is 10.2 Å². The van der Waals surface area contributed by atoms with Crippen LogP contribution >= 0.6 is 12.4 Å². The van der Waals surface area contributed by atoms with E-state index >= 15 is 0 Å². The summed E-state index contributed by atoms with van der Waals surface area (Å²) in [5.41, 5.74) is 0. The maximum atomic E-state index is 12.7. The van der Waals surface area contributed by atoms with Crippen molar-refractivity contribution in [2.24, 2.45) is 5.92 Å². The molecule has 3 aliphatic rings. The van der Waals surface area contributed by atoms with Crippen LogP contribution in [0.4, 0.5) is 0 Å². The van der Waals surface area contributed by atoms with Gasteiger partial charge in [-0.15, -0.1) is 12.4 Å². The fourth-order valence-electron chi connectivity index (χ4n) is 3.85. The molecule has 0 amide bonds. The van der Waals surface area contributed by atoms with E-state index in [4.69, 9.17) is 0 Å². The largest absolute Gasteiger partial charge is 0.318 e. The van der Waals surface area contributed by atoms with Crippen LogP contribution in [-0.4, -0.2) is 55.8 Å². The summed E-state index contributed by atoms with van der Waals surface area (Å²) in [6, 6.07) is 0.440. The van der Waals surface area contributed by atoms with E-state index in [1.807, 2.05) is 7.05 Å². The van der Waals surface area contributed by atoms with E-state index in [0.717, 1.165) is 38.8 Å². The second-order valence-electron chi connectivity index (χ2n) is 5.87. The number of likely N-dealkylation sites (N-methyl/N-ethyl adjacent to an activating group) is 1. The molecule has 1 aliphatic carbocycles. The molecule has 0 spiro atoms. The van der Waals surface area contributed by atoms with Crippen LogP contribution in [0.15, 0.2) is 0 Å². The average molecular weight is 310 g/mol. The fourth-order valence-corrected chi connectivity index (χ4v) is 6.00. The van der Waals surface area contributed by atoms with Crippen LogP contribution in [0, 0.1) is 5.92 Å².